The molecule has 0 fully saturated rings. The maximum absolute atomic E-state index is 12.3. The van der Waals surface area contributed by atoms with Gasteiger partial charge in [-0.3, -0.25) is 4.79 Å². The molecule has 0 aliphatic carbocycles. The molecule has 3 N–H and O–H groups in total. The smallest absolute Gasteiger partial charge is 0.251 e. The van der Waals surface area contributed by atoms with Gasteiger partial charge < -0.3 is 20.5 Å². The summed E-state index contributed by atoms with van der Waals surface area (Å²) in [6.07, 6.45) is 1.77. The number of hydrogen-bond acceptors (Lipinski definition) is 4. The summed E-state index contributed by atoms with van der Waals surface area (Å²) in [6.45, 7) is 15.6. The van der Waals surface area contributed by atoms with E-state index in [1.165, 1.54) is 0 Å². The predicted molar refractivity (Wildman–Crippen MR) is 111 cm³/mol. The maximum Gasteiger partial charge on any atom is 0.251 e. The van der Waals surface area contributed by atoms with Gasteiger partial charge in [0.25, 0.3) is 5.91 Å². The summed E-state index contributed by atoms with van der Waals surface area (Å²) in [5, 5.41) is 2.96. The van der Waals surface area contributed by atoms with Gasteiger partial charge in [-0.15, -0.1) is 0 Å². The number of hydrogen-bond donors (Lipinski definition) is 2. The van der Waals surface area contributed by atoms with Crippen molar-refractivity contribution in [2.75, 3.05) is 13.2 Å². The molecule has 0 spiro atoms. The first-order valence-corrected chi connectivity index (χ1v) is 9.87. The highest BCUT2D eigenvalue weighted by molar-refractivity contribution is 5.94. The average Bonchev–Trinajstić information content (AvgIpc) is 2.54. The van der Waals surface area contributed by atoms with Crippen LogP contribution in [-0.4, -0.2) is 36.8 Å². The molecule has 5 heteroatoms. The lowest BCUT2D eigenvalue weighted by atomic mass is 9.83. The van der Waals surface area contributed by atoms with Gasteiger partial charge in [0, 0.05) is 24.8 Å². The first-order chi connectivity index (χ1) is 12.4. The van der Waals surface area contributed by atoms with Crippen LogP contribution in [0.3, 0.4) is 0 Å². The molecule has 1 aromatic rings. The molecule has 0 saturated carbocycles. The van der Waals surface area contributed by atoms with E-state index in [9.17, 15) is 4.79 Å². The highest BCUT2D eigenvalue weighted by Gasteiger charge is 2.25. The molecule has 1 rings (SSSR count). The van der Waals surface area contributed by atoms with E-state index in [0.29, 0.717) is 18.7 Å². The Labute approximate surface area is 165 Å². The van der Waals surface area contributed by atoms with Crippen LogP contribution in [0.15, 0.2) is 24.3 Å². The van der Waals surface area contributed by atoms with E-state index in [1.54, 1.807) is 12.1 Å². The van der Waals surface area contributed by atoms with Crippen molar-refractivity contribution in [1.82, 2.24) is 5.32 Å². The molecular formula is C22H38N2O3. The lowest BCUT2D eigenvalue weighted by Crippen LogP contribution is -2.37. The number of nitrogens with one attached hydrogen (secondary N) is 1. The minimum atomic E-state index is -0.295. The molecule has 0 bridgehead atoms. The van der Waals surface area contributed by atoms with E-state index < -0.39 is 0 Å². The Balaban J connectivity index is 2.39. The van der Waals surface area contributed by atoms with Gasteiger partial charge in [-0.2, -0.15) is 0 Å². The van der Waals surface area contributed by atoms with Crippen molar-refractivity contribution in [3.8, 4) is 5.75 Å². The van der Waals surface area contributed by atoms with Crippen molar-refractivity contribution in [2.45, 2.75) is 79.1 Å². The Bertz CT molecular complexity index is 578. The van der Waals surface area contributed by atoms with E-state index in [-0.39, 0.29) is 29.1 Å². The van der Waals surface area contributed by atoms with Crippen LogP contribution in [0.5, 0.6) is 5.75 Å². The Kier molecular flexibility index (Phi) is 8.76. The van der Waals surface area contributed by atoms with Crippen molar-refractivity contribution in [3.05, 3.63) is 29.8 Å². The van der Waals surface area contributed by atoms with Crippen molar-refractivity contribution in [3.63, 3.8) is 0 Å². The quantitative estimate of drug-likeness (QED) is 0.606. The zero-order valence-corrected chi connectivity index (χ0v) is 18.1. The Hall–Kier alpha value is -1.59. The summed E-state index contributed by atoms with van der Waals surface area (Å²) in [6, 6.07) is 7.33. The van der Waals surface area contributed by atoms with E-state index in [1.807, 2.05) is 32.9 Å². The highest BCUT2D eigenvalue weighted by atomic mass is 16.5. The number of amides is 1. The monoisotopic (exact) mass is 378 g/mol. The second-order valence-electron chi connectivity index (χ2n) is 8.83. The SMILES string of the molecule is CC(C)Oc1ccc(C(=O)NCCC(C)(C)OCCC(C)(C)[C@H](C)N)cc1. The van der Waals surface area contributed by atoms with E-state index in [0.717, 1.165) is 18.6 Å². The Morgan fingerprint density at radius 2 is 1.67 bits per heavy atom. The van der Waals surface area contributed by atoms with Gasteiger partial charge in [0.15, 0.2) is 0 Å². The van der Waals surface area contributed by atoms with Gasteiger partial charge in [0.2, 0.25) is 0 Å². The summed E-state index contributed by atoms with van der Waals surface area (Å²) in [5.74, 6) is 0.686. The molecule has 0 aliphatic heterocycles. The zero-order chi connectivity index (χ0) is 20.7. The molecule has 1 aromatic carbocycles. The molecule has 1 amide bonds. The number of carbonyl (C=O) groups is 1. The van der Waals surface area contributed by atoms with E-state index in [4.69, 9.17) is 15.2 Å². The van der Waals surface area contributed by atoms with Gasteiger partial charge in [0.05, 0.1) is 11.7 Å². The number of nitrogens with two attached hydrogens (primary N) is 1. The van der Waals surface area contributed by atoms with Crippen molar-refractivity contribution >= 4 is 5.91 Å². The first-order valence-electron chi connectivity index (χ1n) is 9.87. The minimum Gasteiger partial charge on any atom is -0.491 e. The normalized spacial score (nSPS) is 13.5. The fraction of sp³-hybridized carbons (Fsp3) is 0.682. The molecule has 0 aliphatic rings. The Morgan fingerprint density at radius 1 is 1.07 bits per heavy atom. The molecule has 5 nitrogen and oxygen atoms in total. The summed E-state index contributed by atoms with van der Waals surface area (Å²) < 4.78 is 11.6. The Morgan fingerprint density at radius 3 is 2.19 bits per heavy atom. The van der Waals surface area contributed by atoms with Crippen LogP contribution in [0, 0.1) is 5.41 Å². The topological polar surface area (TPSA) is 73.6 Å². The first kappa shape index (κ1) is 23.4. The molecular weight excluding hydrogens is 340 g/mol. The predicted octanol–water partition coefficient (Wildman–Crippen LogP) is 4.15. The van der Waals surface area contributed by atoms with Gasteiger partial charge in [-0.25, -0.2) is 0 Å². The summed E-state index contributed by atoms with van der Waals surface area (Å²) in [5.41, 5.74) is 6.39. The van der Waals surface area contributed by atoms with E-state index >= 15 is 0 Å². The maximum atomic E-state index is 12.3. The third-order valence-corrected chi connectivity index (χ3v) is 4.97. The fourth-order valence-electron chi connectivity index (χ4n) is 2.43. The van der Waals surface area contributed by atoms with Crippen LogP contribution in [0.1, 0.15) is 71.7 Å². The lowest BCUT2D eigenvalue weighted by molar-refractivity contribution is -0.0350. The largest absolute Gasteiger partial charge is 0.491 e. The van der Waals surface area contributed by atoms with Crippen LogP contribution in [0.25, 0.3) is 0 Å². The van der Waals surface area contributed by atoms with Gasteiger partial charge >= 0.3 is 0 Å². The van der Waals surface area contributed by atoms with Crippen LogP contribution in [0.4, 0.5) is 0 Å². The van der Waals surface area contributed by atoms with Crippen molar-refractivity contribution in [1.29, 1.82) is 0 Å². The van der Waals surface area contributed by atoms with Crippen molar-refractivity contribution in [2.24, 2.45) is 11.1 Å². The van der Waals surface area contributed by atoms with Gasteiger partial charge in [-0.05, 0) is 77.1 Å². The van der Waals surface area contributed by atoms with Crippen LogP contribution < -0.4 is 15.8 Å². The highest BCUT2D eigenvalue weighted by Crippen LogP contribution is 2.25. The summed E-state index contributed by atoms with van der Waals surface area (Å²) >= 11 is 0. The summed E-state index contributed by atoms with van der Waals surface area (Å²) in [4.78, 5) is 12.3. The molecule has 1 atom stereocenters. The number of ether oxygens (including phenoxy) is 2. The van der Waals surface area contributed by atoms with Gasteiger partial charge in [-0.1, -0.05) is 13.8 Å². The number of benzene rings is 1. The molecule has 0 unspecified atom stereocenters. The average molecular weight is 379 g/mol. The molecule has 27 heavy (non-hydrogen) atoms. The minimum absolute atomic E-state index is 0.0513. The lowest BCUT2D eigenvalue weighted by Gasteiger charge is -2.32. The van der Waals surface area contributed by atoms with Crippen molar-refractivity contribution < 1.29 is 14.3 Å². The second-order valence-corrected chi connectivity index (χ2v) is 8.83. The van der Waals surface area contributed by atoms with Gasteiger partial charge in [0.1, 0.15) is 5.75 Å². The fourth-order valence-corrected chi connectivity index (χ4v) is 2.43. The molecule has 154 valence electrons. The number of carbonyl (C=O) groups excluding carboxylic acids is 1. The standard InChI is InChI=1S/C22H38N2O3/c1-16(2)27-19-10-8-18(9-11-19)20(25)24-14-12-22(6,7)26-15-13-21(4,5)17(3)23/h8-11,16-17H,12-15,23H2,1-7H3,(H,24,25)/t17-/m0/s1. The summed E-state index contributed by atoms with van der Waals surface area (Å²) in [7, 11) is 0. The molecule has 0 aromatic heterocycles. The molecule has 0 heterocycles. The third kappa shape index (κ3) is 8.76. The van der Waals surface area contributed by atoms with E-state index in [2.05, 4.69) is 33.0 Å². The zero-order valence-electron chi connectivity index (χ0n) is 18.1. The number of rotatable bonds is 11. The second kappa shape index (κ2) is 10.1. The molecule has 0 saturated heterocycles. The third-order valence-electron chi connectivity index (χ3n) is 4.97. The van der Waals surface area contributed by atoms with Crippen LogP contribution in [-0.2, 0) is 4.74 Å². The molecule has 0 radical (unpaired) electrons. The van der Waals surface area contributed by atoms with Crippen LogP contribution >= 0.6 is 0 Å². The van der Waals surface area contributed by atoms with Crippen LogP contribution in [0.2, 0.25) is 0 Å².